The van der Waals surface area contributed by atoms with E-state index in [1.54, 1.807) is 12.1 Å². The second-order valence-electron chi connectivity index (χ2n) is 4.46. The Bertz CT molecular complexity index is 355. The highest BCUT2D eigenvalue weighted by molar-refractivity contribution is 6.31. The smallest absolute Gasteiger partial charge is 0.128 e. The second-order valence-corrected chi connectivity index (χ2v) is 4.87. The minimum Gasteiger partial charge on any atom is -0.327 e. The predicted molar refractivity (Wildman–Crippen MR) is 55.9 cm³/mol. The molecular weight excluding hydrogens is 201 g/mol. The first-order valence-corrected chi connectivity index (χ1v) is 5.03. The lowest BCUT2D eigenvalue weighted by atomic mass is 10.0. The minimum atomic E-state index is -0.247. The van der Waals surface area contributed by atoms with Crippen molar-refractivity contribution in [3.8, 4) is 0 Å². The van der Waals surface area contributed by atoms with E-state index in [1.807, 2.05) is 13.8 Å². The summed E-state index contributed by atoms with van der Waals surface area (Å²) < 4.78 is 13.5. The summed E-state index contributed by atoms with van der Waals surface area (Å²) in [5, 5.41) is 0.482. The van der Waals surface area contributed by atoms with Crippen LogP contribution in [0, 0.1) is 11.2 Å². The van der Waals surface area contributed by atoms with Crippen molar-refractivity contribution in [2.45, 2.75) is 25.8 Å². The van der Waals surface area contributed by atoms with Gasteiger partial charge in [0.05, 0.1) is 0 Å². The van der Waals surface area contributed by atoms with E-state index in [9.17, 15) is 4.39 Å². The zero-order valence-electron chi connectivity index (χ0n) is 8.22. The van der Waals surface area contributed by atoms with E-state index in [0.29, 0.717) is 10.6 Å². The van der Waals surface area contributed by atoms with Gasteiger partial charge in [-0.25, -0.2) is 4.39 Å². The van der Waals surface area contributed by atoms with Crippen molar-refractivity contribution in [3.63, 3.8) is 0 Å². The molecule has 0 unspecified atom stereocenters. The van der Waals surface area contributed by atoms with Gasteiger partial charge in [-0.3, -0.25) is 0 Å². The zero-order chi connectivity index (χ0) is 10.5. The normalized spacial score (nSPS) is 28.9. The number of nitrogens with two attached hydrogens (primary N) is 1. The van der Waals surface area contributed by atoms with Gasteiger partial charge >= 0.3 is 0 Å². The molecule has 2 N–H and O–H groups in total. The first-order chi connectivity index (χ1) is 6.46. The Balaban J connectivity index is 2.44. The lowest BCUT2D eigenvalue weighted by Gasteiger charge is -2.06. The lowest BCUT2D eigenvalue weighted by molar-refractivity contribution is 0.571. The Morgan fingerprint density at radius 3 is 2.43 bits per heavy atom. The maximum Gasteiger partial charge on any atom is 0.128 e. The summed E-state index contributed by atoms with van der Waals surface area (Å²) in [5.74, 6) is -0.195. The van der Waals surface area contributed by atoms with Gasteiger partial charge in [-0.05, 0) is 17.5 Å². The van der Waals surface area contributed by atoms with Crippen molar-refractivity contribution in [1.82, 2.24) is 0 Å². The SMILES string of the molecule is CC1(C)[C@@H](N)[C@@H]1c1c(F)cccc1Cl. The van der Waals surface area contributed by atoms with E-state index < -0.39 is 0 Å². The highest BCUT2D eigenvalue weighted by Crippen LogP contribution is 2.59. The molecule has 1 nitrogen and oxygen atoms in total. The van der Waals surface area contributed by atoms with Crippen LogP contribution in [0.2, 0.25) is 5.02 Å². The van der Waals surface area contributed by atoms with Crippen LogP contribution in [0.3, 0.4) is 0 Å². The highest BCUT2D eigenvalue weighted by atomic mass is 35.5. The van der Waals surface area contributed by atoms with Crippen molar-refractivity contribution >= 4 is 11.6 Å². The first kappa shape index (κ1) is 9.94. The van der Waals surface area contributed by atoms with Crippen LogP contribution in [0.5, 0.6) is 0 Å². The molecule has 1 saturated carbocycles. The van der Waals surface area contributed by atoms with Crippen molar-refractivity contribution in [2.24, 2.45) is 11.1 Å². The minimum absolute atomic E-state index is 0.0110. The van der Waals surface area contributed by atoms with Crippen molar-refractivity contribution < 1.29 is 4.39 Å². The van der Waals surface area contributed by atoms with Crippen LogP contribution in [0.15, 0.2) is 18.2 Å². The molecular formula is C11H13ClFN. The fourth-order valence-corrected chi connectivity index (χ4v) is 2.32. The Hall–Kier alpha value is -0.600. The molecule has 0 aromatic heterocycles. The molecule has 3 heteroatoms. The summed E-state index contributed by atoms with van der Waals surface area (Å²) >= 11 is 5.96. The maximum absolute atomic E-state index is 13.5. The number of halogens is 2. The zero-order valence-corrected chi connectivity index (χ0v) is 8.98. The summed E-state index contributed by atoms with van der Waals surface area (Å²) in [6.45, 7) is 4.07. The van der Waals surface area contributed by atoms with E-state index in [-0.39, 0.29) is 23.2 Å². The summed E-state index contributed by atoms with van der Waals surface area (Å²) in [5.41, 5.74) is 6.43. The Morgan fingerprint density at radius 1 is 1.43 bits per heavy atom. The van der Waals surface area contributed by atoms with Gasteiger partial charge in [-0.2, -0.15) is 0 Å². The van der Waals surface area contributed by atoms with Crippen molar-refractivity contribution in [2.75, 3.05) is 0 Å². The molecule has 76 valence electrons. The largest absolute Gasteiger partial charge is 0.327 e. The van der Waals surface area contributed by atoms with E-state index >= 15 is 0 Å². The van der Waals surface area contributed by atoms with Crippen molar-refractivity contribution in [1.29, 1.82) is 0 Å². The highest BCUT2D eigenvalue weighted by Gasteiger charge is 2.57. The average Bonchev–Trinajstić information content (AvgIpc) is 2.54. The second kappa shape index (κ2) is 2.94. The van der Waals surface area contributed by atoms with Crippen LogP contribution >= 0.6 is 11.6 Å². The molecule has 1 aliphatic rings. The topological polar surface area (TPSA) is 26.0 Å². The molecule has 14 heavy (non-hydrogen) atoms. The van der Waals surface area contributed by atoms with Crippen LogP contribution in [-0.2, 0) is 0 Å². The Labute approximate surface area is 88.1 Å². The van der Waals surface area contributed by atoms with E-state index in [0.717, 1.165) is 0 Å². The van der Waals surface area contributed by atoms with Crippen LogP contribution < -0.4 is 5.73 Å². The monoisotopic (exact) mass is 213 g/mol. The quantitative estimate of drug-likeness (QED) is 0.763. The van der Waals surface area contributed by atoms with Crippen molar-refractivity contribution in [3.05, 3.63) is 34.6 Å². The van der Waals surface area contributed by atoms with Gasteiger partial charge in [0.15, 0.2) is 0 Å². The molecule has 0 spiro atoms. The van der Waals surface area contributed by atoms with Crippen LogP contribution in [0.25, 0.3) is 0 Å². The lowest BCUT2D eigenvalue weighted by Crippen LogP contribution is -2.06. The number of hydrogen-bond donors (Lipinski definition) is 1. The van der Waals surface area contributed by atoms with Gasteiger partial charge in [0.1, 0.15) is 5.82 Å². The fourth-order valence-electron chi connectivity index (χ4n) is 2.04. The maximum atomic E-state index is 13.5. The standard InChI is InChI=1S/C11H13ClFN/c1-11(2)9(10(11)14)8-6(12)4-3-5-7(8)13/h3-5,9-10H,14H2,1-2H3/t9-,10-/m0/s1. The Morgan fingerprint density at radius 2 is 2.00 bits per heavy atom. The average molecular weight is 214 g/mol. The molecule has 0 saturated heterocycles. The summed E-state index contributed by atoms with van der Waals surface area (Å²) in [6.07, 6.45) is 0. The summed E-state index contributed by atoms with van der Waals surface area (Å²) in [4.78, 5) is 0. The third kappa shape index (κ3) is 1.25. The molecule has 0 aliphatic heterocycles. The third-order valence-corrected chi connectivity index (χ3v) is 3.55. The van der Waals surface area contributed by atoms with Gasteiger partial charge in [-0.15, -0.1) is 0 Å². The van der Waals surface area contributed by atoms with Gasteiger partial charge in [0.2, 0.25) is 0 Å². The van der Waals surface area contributed by atoms with E-state index in [2.05, 4.69) is 0 Å². The molecule has 0 amide bonds. The van der Waals surface area contributed by atoms with Gasteiger partial charge < -0.3 is 5.73 Å². The van der Waals surface area contributed by atoms with Gasteiger partial charge in [-0.1, -0.05) is 31.5 Å². The fraction of sp³-hybridized carbons (Fsp3) is 0.455. The molecule has 2 atom stereocenters. The molecule has 0 bridgehead atoms. The van der Waals surface area contributed by atoms with Gasteiger partial charge in [0, 0.05) is 22.5 Å². The van der Waals surface area contributed by atoms with E-state index in [1.165, 1.54) is 6.07 Å². The summed E-state index contributed by atoms with van der Waals surface area (Å²) in [6, 6.07) is 4.77. The third-order valence-electron chi connectivity index (χ3n) is 3.22. The Kier molecular flexibility index (Phi) is 2.09. The van der Waals surface area contributed by atoms with E-state index in [4.69, 9.17) is 17.3 Å². The molecule has 1 fully saturated rings. The van der Waals surface area contributed by atoms with Gasteiger partial charge in [0.25, 0.3) is 0 Å². The first-order valence-electron chi connectivity index (χ1n) is 4.65. The summed E-state index contributed by atoms with van der Waals surface area (Å²) in [7, 11) is 0. The number of rotatable bonds is 1. The molecule has 0 radical (unpaired) electrons. The van der Waals surface area contributed by atoms with Crippen LogP contribution in [0.4, 0.5) is 4.39 Å². The van der Waals surface area contributed by atoms with Crippen LogP contribution in [0.1, 0.15) is 25.3 Å². The van der Waals surface area contributed by atoms with Crippen LogP contribution in [-0.4, -0.2) is 6.04 Å². The molecule has 1 aromatic rings. The molecule has 1 aliphatic carbocycles. The number of benzene rings is 1. The molecule has 0 heterocycles. The molecule has 1 aromatic carbocycles. The molecule has 2 rings (SSSR count). The number of hydrogen-bond acceptors (Lipinski definition) is 1. The predicted octanol–water partition coefficient (Wildman–Crippen LogP) is 2.93.